The second-order valence-corrected chi connectivity index (χ2v) is 16.9. The SMILES string of the molecule is COc1cc(OCCOc2cc(-c3cccc(C(=O)N4CCN(C(C)(C)C)CC4)c3)cc(OC)c2OC)cc(-c2cccc(C(=O)N3CCN(C(C)(C)C)CC3)c2)c1. The van der Waals surface area contributed by atoms with Gasteiger partial charge in [0.05, 0.1) is 21.3 Å². The Hall–Kier alpha value is -5.26. The number of carbonyl (C=O) groups excluding carboxylic acids is 2. The van der Waals surface area contributed by atoms with Gasteiger partial charge in [-0.25, -0.2) is 0 Å². The minimum Gasteiger partial charge on any atom is -0.497 e. The van der Waals surface area contributed by atoms with Crippen LogP contribution in [0.5, 0.6) is 28.7 Å². The molecule has 4 aromatic rings. The Bertz CT molecular complexity index is 2050. The highest BCUT2D eigenvalue weighted by Crippen LogP contribution is 2.42. The molecule has 2 amide bonds. The normalized spacial score (nSPS) is 15.5. The van der Waals surface area contributed by atoms with Crippen molar-refractivity contribution in [1.29, 1.82) is 0 Å². The van der Waals surface area contributed by atoms with Crippen molar-refractivity contribution in [1.82, 2.24) is 19.6 Å². The number of nitrogens with zero attached hydrogens (tertiary/aromatic N) is 4. The van der Waals surface area contributed by atoms with E-state index in [0.29, 0.717) is 66.1 Å². The molecule has 0 aromatic heterocycles. The fraction of sp³-hybridized carbons (Fsp3) is 0.447. The summed E-state index contributed by atoms with van der Waals surface area (Å²) < 4.78 is 29.6. The molecular formula is C47H60N4O7. The minimum atomic E-state index is 0.0247. The van der Waals surface area contributed by atoms with Crippen LogP contribution in [0, 0.1) is 0 Å². The van der Waals surface area contributed by atoms with Crippen LogP contribution in [-0.2, 0) is 0 Å². The zero-order valence-electron chi connectivity index (χ0n) is 35.7. The van der Waals surface area contributed by atoms with Gasteiger partial charge >= 0.3 is 0 Å². The van der Waals surface area contributed by atoms with Gasteiger partial charge in [0.15, 0.2) is 11.5 Å². The van der Waals surface area contributed by atoms with Gasteiger partial charge in [-0.1, -0.05) is 24.3 Å². The van der Waals surface area contributed by atoms with Crippen molar-refractivity contribution < 1.29 is 33.3 Å². The molecule has 2 aliphatic heterocycles. The predicted octanol–water partition coefficient (Wildman–Crippen LogP) is 7.62. The first-order valence-electron chi connectivity index (χ1n) is 20.2. The van der Waals surface area contributed by atoms with E-state index >= 15 is 0 Å². The average Bonchev–Trinajstić information content (AvgIpc) is 3.23. The van der Waals surface area contributed by atoms with Crippen molar-refractivity contribution in [2.75, 3.05) is 86.9 Å². The molecule has 0 bridgehead atoms. The van der Waals surface area contributed by atoms with E-state index in [0.717, 1.165) is 48.4 Å². The predicted molar refractivity (Wildman–Crippen MR) is 229 cm³/mol. The van der Waals surface area contributed by atoms with Crippen LogP contribution in [0.2, 0.25) is 0 Å². The molecule has 0 unspecified atom stereocenters. The highest BCUT2D eigenvalue weighted by atomic mass is 16.5. The summed E-state index contributed by atoms with van der Waals surface area (Å²) in [6.45, 7) is 19.9. The Labute approximate surface area is 344 Å². The molecule has 2 aliphatic rings. The molecule has 11 nitrogen and oxygen atoms in total. The standard InChI is InChI=1S/C47H60N4O7/c1-46(2,3)50-20-16-48(17-21-50)44(52)35-14-10-12-33(26-35)37-28-39(54-7)32-40(29-37)57-24-25-58-42-31-38(30-41(55-8)43(42)56-9)34-13-11-15-36(27-34)45(53)49-18-22-51(23-19-49)47(4,5)6/h10-15,26-32H,16-25H2,1-9H3. The second-order valence-electron chi connectivity index (χ2n) is 16.9. The molecule has 2 heterocycles. The van der Waals surface area contributed by atoms with Gasteiger partial charge in [0.1, 0.15) is 24.7 Å². The fourth-order valence-electron chi connectivity index (χ4n) is 7.64. The van der Waals surface area contributed by atoms with Crippen LogP contribution in [0.3, 0.4) is 0 Å². The topological polar surface area (TPSA) is 93.2 Å². The fourth-order valence-corrected chi connectivity index (χ4v) is 7.64. The molecule has 310 valence electrons. The van der Waals surface area contributed by atoms with Gasteiger partial charge in [-0.2, -0.15) is 0 Å². The van der Waals surface area contributed by atoms with Crippen LogP contribution in [0.25, 0.3) is 22.3 Å². The number of hydrogen-bond donors (Lipinski definition) is 0. The van der Waals surface area contributed by atoms with Gasteiger partial charge in [-0.05, 0) is 112 Å². The number of amides is 2. The third-order valence-corrected chi connectivity index (χ3v) is 11.1. The number of carbonyl (C=O) groups is 2. The molecule has 58 heavy (non-hydrogen) atoms. The Kier molecular flexibility index (Phi) is 13.2. The minimum absolute atomic E-state index is 0.0247. The smallest absolute Gasteiger partial charge is 0.253 e. The molecule has 0 radical (unpaired) electrons. The Balaban J connectivity index is 1.12. The monoisotopic (exact) mass is 792 g/mol. The summed E-state index contributed by atoms with van der Waals surface area (Å²) in [5, 5.41) is 0. The van der Waals surface area contributed by atoms with Crippen LogP contribution in [0.4, 0.5) is 0 Å². The molecule has 0 spiro atoms. The van der Waals surface area contributed by atoms with Crippen molar-refractivity contribution in [2.45, 2.75) is 52.6 Å². The maximum Gasteiger partial charge on any atom is 0.253 e. The molecule has 0 saturated carbocycles. The lowest BCUT2D eigenvalue weighted by Gasteiger charge is -2.42. The van der Waals surface area contributed by atoms with Crippen molar-refractivity contribution >= 4 is 11.8 Å². The number of hydrogen-bond acceptors (Lipinski definition) is 9. The molecule has 11 heteroatoms. The summed E-state index contributed by atoms with van der Waals surface area (Å²) >= 11 is 0. The van der Waals surface area contributed by atoms with E-state index in [4.69, 9.17) is 23.7 Å². The number of rotatable bonds is 12. The zero-order valence-corrected chi connectivity index (χ0v) is 35.7. The third kappa shape index (κ3) is 10.1. The highest BCUT2D eigenvalue weighted by Gasteiger charge is 2.30. The molecule has 0 aliphatic carbocycles. The van der Waals surface area contributed by atoms with Crippen molar-refractivity contribution in [3.05, 3.63) is 90.0 Å². The van der Waals surface area contributed by atoms with Crippen LogP contribution in [0.15, 0.2) is 78.9 Å². The van der Waals surface area contributed by atoms with Gasteiger partial charge in [0.2, 0.25) is 5.75 Å². The first-order valence-corrected chi connectivity index (χ1v) is 20.2. The maximum atomic E-state index is 13.6. The summed E-state index contributed by atoms with van der Waals surface area (Å²) in [6.07, 6.45) is 0. The molecule has 0 N–H and O–H groups in total. The first kappa shape index (κ1) is 42.3. The van der Waals surface area contributed by atoms with Crippen molar-refractivity contribution in [2.24, 2.45) is 0 Å². The average molecular weight is 793 g/mol. The molecule has 6 rings (SSSR count). The van der Waals surface area contributed by atoms with E-state index in [1.54, 1.807) is 21.3 Å². The Morgan fingerprint density at radius 3 is 1.43 bits per heavy atom. The molecule has 2 saturated heterocycles. The van der Waals surface area contributed by atoms with E-state index in [-0.39, 0.29) is 36.1 Å². The van der Waals surface area contributed by atoms with Crippen LogP contribution >= 0.6 is 0 Å². The first-order chi connectivity index (χ1) is 27.7. The zero-order chi connectivity index (χ0) is 41.6. The van der Waals surface area contributed by atoms with E-state index in [2.05, 4.69) is 51.3 Å². The van der Waals surface area contributed by atoms with E-state index < -0.39 is 0 Å². The lowest BCUT2D eigenvalue weighted by molar-refractivity contribution is 0.0449. The maximum absolute atomic E-state index is 13.6. The van der Waals surface area contributed by atoms with Gasteiger partial charge in [-0.15, -0.1) is 0 Å². The largest absolute Gasteiger partial charge is 0.497 e. The summed E-state index contributed by atoms with van der Waals surface area (Å²) in [4.78, 5) is 35.9. The van der Waals surface area contributed by atoms with E-state index in [1.807, 2.05) is 88.7 Å². The third-order valence-electron chi connectivity index (χ3n) is 11.1. The number of piperazine rings is 2. The number of benzene rings is 4. The van der Waals surface area contributed by atoms with E-state index in [1.165, 1.54) is 0 Å². The molecular weight excluding hydrogens is 733 g/mol. The van der Waals surface area contributed by atoms with Gasteiger partial charge in [0.25, 0.3) is 11.8 Å². The molecule has 0 atom stereocenters. The quantitative estimate of drug-likeness (QED) is 0.135. The summed E-state index contributed by atoms with van der Waals surface area (Å²) in [6, 6.07) is 24.9. The Morgan fingerprint density at radius 2 is 0.966 bits per heavy atom. The van der Waals surface area contributed by atoms with Crippen LogP contribution in [-0.4, -0.2) is 129 Å². The van der Waals surface area contributed by atoms with Crippen molar-refractivity contribution in [3.63, 3.8) is 0 Å². The van der Waals surface area contributed by atoms with Gasteiger partial charge < -0.3 is 33.5 Å². The van der Waals surface area contributed by atoms with Crippen LogP contribution < -0.4 is 23.7 Å². The van der Waals surface area contributed by atoms with Gasteiger partial charge in [-0.3, -0.25) is 19.4 Å². The lowest BCUT2D eigenvalue weighted by Crippen LogP contribution is -2.54. The highest BCUT2D eigenvalue weighted by molar-refractivity contribution is 5.96. The number of ether oxygens (including phenoxy) is 5. The lowest BCUT2D eigenvalue weighted by atomic mass is 10.0. The Morgan fingerprint density at radius 1 is 0.500 bits per heavy atom. The van der Waals surface area contributed by atoms with Crippen molar-refractivity contribution in [3.8, 4) is 51.0 Å². The summed E-state index contributed by atoms with van der Waals surface area (Å²) in [5.41, 5.74) is 4.89. The molecule has 2 fully saturated rings. The molecule has 4 aromatic carbocycles. The van der Waals surface area contributed by atoms with Gasteiger partial charge in [0, 0.05) is 80.6 Å². The second kappa shape index (κ2) is 18.1. The van der Waals surface area contributed by atoms with Crippen LogP contribution in [0.1, 0.15) is 62.3 Å². The number of methoxy groups -OCH3 is 3. The summed E-state index contributed by atoms with van der Waals surface area (Å²) in [5.74, 6) is 2.76. The summed E-state index contributed by atoms with van der Waals surface area (Å²) in [7, 11) is 4.79. The van der Waals surface area contributed by atoms with E-state index in [9.17, 15) is 9.59 Å².